The Labute approximate surface area is 145 Å². The fourth-order valence-electron chi connectivity index (χ4n) is 2.40. The van der Waals surface area contributed by atoms with Gasteiger partial charge in [0.25, 0.3) is 5.91 Å². The van der Waals surface area contributed by atoms with Gasteiger partial charge >= 0.3 is 0 Å². The third-order valence-electron chi connectivity index (χ3n) is 3.95. The SMILES string of the molecule is CC(C)(C(=O)NOCc1cc(Cl)c2c(c1)OCO2)c1ccccc1. The normalized spacial score (nSPS) is 13.0. The van der Waals surface area contributed by atoms with Crippen molar-refractivity contribution in [1.29, 1.82) is 0 Å². The average molecular weight is 348 g/mol. The van der Waals surface area contributed by atoms with Crippen molar-refractivity contribution < 1.29 is 19.1 Å². The Balaban J connectivity index is 1.60. The van der Waals surface area contributed by atoms with E-state index in [0.29, 0.717) is 16.5 Å². The van der Waals surface area contributed by atoms with E-state index in [2.05, 4.69) is 5.48 Å². The van der Waals surface area contributed by atoms with Gasteiger partial charge in [0.2, 0.25) is 6.79 Å². The molecule has 1 heterocycles. The van der Waals surface area contributed by atoms with Gasteiger partial charge in [-0.1, -0.05) is 41.9 Å². The van der Waals surface area contributed by atoms with E-state index in [-0.39, 0.29) is 19.3 Å². The van der Waals surface area contributed by atoms with Gasteiger partial charge in [-0.15, -0.1) is 0 Å². The third-order valence-corrected chi connectivity index (χ3v) is 4.23. The van der Waals surface area contributed by atoms with Gasteiger partial charge in [-0.05, 0) is 37.1 Å². The van der Waals surface area contributed by atoms with Crippen molar-refractivity contribution in [3.63, 3.8) is 0 Å². The zero-order valence-corrected chi connectivity index (χ0v) is 14.2. The van der Waals surface area contributed by atoms with Crippen LogP contribution in [-0.2, 0) is 21.7 Å². The van der Waals surface area contributed by atoms with E-state index >= 15 is 0 Å². The number of nitrogens with one attached hydrogen (secondary N) is 1. The highest BCUT2D eigenvalue weighted by Gasteiger charge is 2.29. The van der Waals surface area contributed by atoms with Crippen LogP contribution < -0.4 is 15.0 Å². The number of hydrogen-bond acceptors (Lipinski definition) is 4. The Kier molecular flexibility index (Phi) is 4.64. The van der Waals surface area contributed by atoms with Crippen LogP contribution in [-0.4, -0.2) is 12.7 Å². The van der Waals surface area contributed by atoms with Gasteiger partial charge < -0.3 is 9.47 Å². The van der Waals surface area contributed by atoms with E-state index in [1.165, 1.54) is 0 Å². The molecule has 0 spiro atoms. The van der Waals surface area contributed by atoms with Gasteiger partial charge in [-0.3, -0.25) is 9.63 Å². The van der Waals surface area contributed by atoms with Crippen LogP contribution >= 0.6 is 11.6 Å². The zero-order chi connectivity index (χ0) is 17.2. The highest BCUT2D eigenvalue weighted by atomic mass is 35.5. The van der Waals surface area contributed by atoms with Crippen LogP contribution in [0.15, 0.2) is 42.5 Å². The minimum absolute atomic E-state index is 0.154. The lowest BCUT2D eigenvalue weighted by atomic mass is 9.84. The number of carbonyl (C=O) groups excluding carboxylic acids is 1. The predicted molar refractivity (Wildman–Crippen MR) is 90.0 cm³/mol. The van der Waals surface area contributed by atoms with Crippen molar-refractivity contribution in [2.45, 2.75) is 25.9 Å². The van der Waals surface area contributed by atoms with Gasteiger partial charge in [0.1, 0.15) is 0 Å². The number of hydroxylamine groups is 1. The Hall–Kier alpha value is -2.24. The van der Waals surface area contributed by atoms with Crippen LogP contribution in [0.25, 0.3) is 0 Å². The molecule has 6 heteroatoms. The van der Waals surface area contributed by atoms with E-state index < -0.39 is 5.41 Å². The molecule has 5 nitrogen and oxygen atoms in total. The molecule has 0 unspecified atom stereocenters. The number of hydrogen-bond donors (Lipinski definition) is 1. The smallest absolute Gasteiger partial charge is 0.253 e. The standard InChI is InChI=1S/C18H18ClNO4/c1-18(2,13-6-4-3-5-7-13)17(21)20-24-10-12-8-14(19)16-15(9-12)22-11-23-16/h3-9H,10-11H2,1-2H3,(H,20,21). The second-order valence-electron chi connectivity index (χ2n) is 6.02. The molecule has 126 valence electrons. The summed E-state index contributed by atoms with van der Waals surface area (Å²) in [4.78, 5) is 17.8. The first kappa shape index (κ1) is 16.6. The number of fused-ring (bicyclic) bond motifs is 1. The molecule has 1 aliphatic heterocycles. The summed E-state index contributed by atoms with van der Waals surface area (Å²) in [5.41, 5.74) is 3.50. The molecule has 0 radical (unpaired) electrons. The van der Waals surface area contributed by atoms with Crippen LogP contribution in [0, 0.1) is 0 Å². The summed E-state index contributed by atoms with van der Waals surface area (Å²) in [6.45, 7) is 4.02. The molecule has 2 aromatic rings. The quantitative estimate of drug-likeness (QED) is 0.840. The molecule has 0 aliphatic carbocycles. The molecule has 3 rings (SSSR count). The van der Waals surface area contributed by atoms with E-state index in [1.807, 2.05) is 44.2 Å². The summed E-state index contributed by atoms with van der Waals surface area (Å²) in [5, 5.41) is 0.458. The number of benzene rings is 2. The van der Waals surface area contributed by atoms with Gasteiger partial charge in [0.05, 0.1) is 17.0 Å². The Bertz CT molecular complexity index is 746. The molecule has 2 aromatic carbocycles. The van der Waals surface area contributed by atoms with Crippen molar-refractivity contribution in [2.75, 3.05) is 6.79 Å². The molecule has 0 atom stereocenters. The molecular weight excluding hydrogens is 330 g/mol. The van der Waals surface area contributed by atoms with Crippen molar-refractivity contribution in [3.8, 4) is 11.5 Å². The first-order valence-electron chi connectivity index (χ1n) is 7.54. The second kappa shape index (κ2) is 6.71. The molecule has 1 aliphatic rings. The molecule has 0 saturated heterocycles. The summed E-state index contributed by atoms with van der Waals surface area (Å²) >= 11 is 6.12. The van der Waals surface area contributed by atoms with Crippen LogP contribution in [0.5, 0.6) is 11.5 Å². The molecule has 1 N–H and O–H groups in total. The Morgan fingerprint density at radius 3 is 2.75 bits per heavy atom. The van der Waals surface area contributed by atoms with Crippen LogP contribution in [0.1, 0.15) is 25.0 Å². The fraction of sp³-hybridized carbons (Fsp3) is 0.278. The predicted octanol–water partition coefficient (Wildman–Crippen LogP) is 3.59. The van der Waals surface area contributed by atoms with Gasteiger partial charge in [-0.25, -0.2) is 5.48 Å². The number of amides is 1. The van der Waals surface area contributed by atoms with Crippen LogP contribution in [0.2, 0.25) is 5.02 Å². The lowest BCUT2D eigenvalue weighted by Crippen LogP contribution is -2.39. The molecule has 0 saturated carbocycles. The second-order valence-corrected chi connectivity index (χ2v) is 6.43. The molecule has 0 aromatic heterocycles. The number of ether oxygens (including phenoxy) is 2. The fourth-order valence-corrected chi connectivity index (χ4v) is 2.69. The summed E-state index contributed by atoms with van der Waals surface area (Å²) in [6, 6.07) is 13.1. The summed E-state index contributed by atoms with van der Waals surface area (Å²) in [7, 11) is 0. The van der Waals surface area contributed by atoms with Gasteiger partial charge in [0, 0.05) is 0 Å². The van der Waals surface area contributed by atoms with E-state index in [1.54, 1.807) is 12.1 Å². The van der Waals surface area contributed by atoms with E-state index in [4.69, 9.17) is 25.9 Å². The molecule has 24 heavy (non-hydrogen) atoms. The third kappa shape index (κ3) is 3.32. The highest BCUT2D eigenvalue weighted by Crippen LogP contribution is 2.39. The largest absolute Gasteiger partial charge is 0.454 e. The van der Waals surface area contributed by atoms with Crippen LogP contribution in [0.3, 0.4) is 0 Å². The Morgan fingerprint density at radius 2 is 2.00 bits per heavy atom. The molecule has 0 fully saturated rings. The van der Waals surface area contributed by atoms with Gasteiger partial charge in [-0.2, -0.15) is 0 Å². The maximum Gasteiger partial charge on any atom is 0.253 e. The van der Waals surface area contributed by atoms with Crippen LogP contribution in [0.4, 0.5) is 0 Å². The number of rotatable bonds is 5. The van der Waals surface area contributed by atoms with E-state index in [9.17, 15) is 4.79 Å². The van der Waals surface area contributed by atoms with Crippen molar-refractivity contribution in [2.24, 2.45) is 0 Å². The molecule has 1 amide bonds. The van der Waals surface area contributed by atoms with Crippen molar-refractivity contribution in [3.05, 3.63) is 58.6 Å². The molecular formula is C18H18ClNO4. The number of carbonyl (C=O) groups is 1. The highest BCUT2D eigenvalue weighted by molar-refractivity contribution is 6.32. The summed E-state index contributed by atoms with van der Waals surface area (Å²) in [6.07, 6.45) is 0. The lowest BCUT2D eigenvalue weighted by Gasteiger charge is -2.23. The first-order chi connectivity index (χ1) is 11.5. The summed E-state index contributed by atoms with van der Waals surface area (Å²) < 4.78 is 10.6. The maximum atomic E-state index is 12.4. The minimum atomic E-state index is -0.701. The monoisotopic (exact) mass is 347 g/mol. The van der Waals surface area contributed by atoms with Gasteiger partial charge in [0.15, 0.2) is 11.5 Å². The Morgan fingerprint density at radius 1 is 1.25 bits per heavy atom. The summed E-state index contributed by atoms with van der Waals surface area (Å²) in [5.74, 6) is 0.896. The topological polar surface area (TPSA) is 56.8 Å². The molecule has 0 bridgehead atoms. The van der Waals surface area contributed by atoms with Crippen molar-refractivity contribution >= 4 is 17.5 Å². The first-order valence-corrected chi connectivity index (χ1v) is 7.92. The van der Waals surface area contributed by atoms with E-state index in [0.717, 1.165) is 11.1 Å². The minimum Gasteiger partial charge on any atom is -0.454 e. The van der Waals surface area contributed by atoms with Crippen molar-refractivity contribution in [1.82, 2.24) is 5.48 Å². The zero-order valence-electron chi connectivity index (χ0n) is 13.5. The number of halogens is 1. The lowest BCUT2D eigenvalue weighted by molar-refractivity contribution is -0.139. The maximum absolute atomic E-state index is 12.4. The average Bonchev–Trinajstić information content (AvgIpc) is 3.04.